The molecule has 0 saturated heterocycles. The predicted molar refractivity (Wildman–Crippen MR) is 87.2 cm³/mol. The van der Waals surface area contributed by atoms with Gasteiger partial charge in [-0.2, -0.15) is 0 Å². The number of aryl methyl sites for hydroxylation is 1. The van der Waals surface area contributed by atoms with E-state index in [0.29, 0.717) is 0 Å². The Kier molecular flexibility index (Phi) is 3.87. The second-order valence-electron chi connectivity index (χ2n) is 6.16. The first-order valence-electron chi connectivity index (χ1n) is 7.54. The number of ketones is 2. The maximum absolute atomic E-state index is 12.8. The minimum atomic E-state index is -0.570. The summed E-state index contributed by atoms with van der Waals surface area (Å²) in [7, 11) is 0. The molecule has 0 radical (unpaired) electrons. The number of carbonyl (C=O) groups excluding carboxylic acids is 2. The number of rotatable bonds is 2. The number of hydrogen-bond donors (Lipinski definition) is 0. The summed E-state index contributed by atoms with van der Waals surface area (Å²) in [4.78, 5) is 25.6. The monoisotopic (exact) mass is 346 g/mol. The quantitative estimate of drug-likeness (QED) is 0.741. The van der Waals surface area contributed by atoms with Gasteiger partial charge in [0, 0.05) is 16.3 Å². The summed E-state index contributed by atoms with van der Waals surface area (Å²) < 4.78 is 0.953. The molecule has 2 fully saturated rings. The van der Waals surface area contributed by atoms with Crippen LogP contribution >= 0.6 is 15.9 Å². The van der Waals surface area contributed by atoms with Gasteiger partial charge < -0.3 is 0 Å². The molecule has 2 nitrogen and oxygen atoms in total. The molecule has 0 heterocycles. The van der Waals surface area contributed by atoms with E-state index in [-0.39, 0.29) is 23.4 Å². The highest BCUT2D eigenvalue weighted by atomic mass is 79.9. The van der Waals surface area contributed by atoms with Crippen molar-refractivity contribution in [3.05, 3.63) is 39.9 Å². The van der Waals surface area contributed by atoms with Crippen LogP contribution in [-0.4, -0.2) is 11.6 Å². The molecular weight excluding hydrogens is 328 g/mol. The van der Waals surface area contributed by atoms with E-state index < -0.39 is 5.92 Å². The zero-order valence-corrected chi connectivity index (χ0v) is 13.8. The Morgan fingerprint density at radius 2 is 1.71 bits per heavy atom. The highest BCUT2D eigenvalue weighted by Gasteiger charge is 2.50. The fourth-order valence-electron chi connectivity index (χ4n) is 4.01. The average molecular weight is 347 g/mol. The molecule has 2 aliphatic carbocycles. The maximum Gasteiger partial charge on any atom is 0.151 e. The highest BCUT2D eigenvalue weighted by molar-refractivity contribution is 9.10. The van der Waals surface area contributed by atoms with Gasteiger partial charge in [-0.25, -0.2) is 0 Å². The zero-order valence-electron chi connectivity index (χ0n) is 12.2. The lowest BCUT2D eigenvalue weighted by atomic mass is 9.81. The van der Waals surface area contributed by atoms with Crippen LogP contribution in [0.3, 0.4) is 0 Å². The molecule has 2 saturated carbocycles. The third kappa shape index (κ3) is 2.32. The van der Waals surface area contributed by atoms with Gasteiger partial charge in [-0.05, 0) is 48.6 Å². The first kappa shape index (κ1) is 14.7. The van der Waals surface area contributed by atoms with Gasteiger partial charge in [0.05, 0.1) is 0 Å². The Morgan fingerprint density at radius 1 is 1.14 bits per heavy atom. The molecule has 1 aromatic carbocycles. The van der Waals surface area contributed by atoms with Crippen LogP contribution in [0.2, 0.25) is 0 Å². The largest absolute Gasteiger partial charge is 0.298 e. The van der Waals surface area contributed by atoms with Crippen molar-refractivity contribution >= 4 is 33.6 Å². The number of carbonyl (C=O) groups is 2. The van der Waals surface area contributed by atoms with Gasteiger partial charge in [-0.3, -0.25) is 9.59 Å². The molecule has 3 heteroatoms. The van der Waals surface area contributed by atoms with Crippen molar-refractivity contribution < 1.29 is 9.59 Å². The second kappa shape index (κ2) is 5.53. The zero-order chi connectivity index (χ0) is 15.1. The Labute approximate surface area is 133 Å². The van der Waals surface area contributed by atoms with Gasteiger partial charge in [-0.15, -0.1) is 0 Å². The van der Waals surface area contributed by atoms with Crippen molar-refractivity contribution in [3.8, 4) is 0 Å². The predicted octanol–water partition coefficient (Wildman–Crippen LogP) is 4.44. The molecular formula is C18H19BrO2. The summed E-state index contributed by atoms with van der Waals surface area (Å²) in [5, 5.41) is 0. The summed E-state index contributed by atoms with van der Waals surface area (Å²) in [5.74, 6) is -0.385. The molecule has 3 rings (SSSR count). The van der Waals surface area contributed by atoms with E-state index in [2.05, 4.69) is 22.5 Å². The third-order valence-corrected chi connectivity index (χ3v) is 5.42. The van der Waals surface area contributed by atoms with Crippen LogP contribution in [0.5, 0.6) is 0 Å². The summed E-state index contributed by atoms with van der Waals surface area (Å²) in [6, 6.07) is 3.92. The van der Waals surface area contributed by atoms with Crippen molar-refractivity contribution in [1.29, 1.82) is 0 Å². The van der Waals surface area contributed by atoms with E-state index in [1.54, 1.807) is 6.08 Å². The topological polar surface area (TPSA) is 34.1 Å². The Bertz CT molecular complexity index is 608. The van der Waals surface area contributed by atoms with Crippen molar-refractivity contribution in [2.24, 2.45) is 11.8 Å². The molecule has 21 heavy (non-hydrogen) atoms. The Hall–Kier alpha value is -1.22. The maximum atomic E-state index is 12.8. The second-order valence-corrected chi connectivity index (χ2v) is 7.08. The van der Waals surface area contributed by atoms with Crippen molar-refractivity contribution in [2.75, 3.05) is 0 Å². The number of Topliss-reactive ketones (excluding diaryl/α,β-unsaturated/α-hetero) is 2. The van der Waals surface area contributed by atoms with Crippen LogP contribution in [0.4, 0.5) is 0 Å². The van der Waals surface area contributed by atoms with E-state index in [1.165, 1.54) is 0 Å². The normalized spacial score (nSPS) is 28.6. The SMILES string of the molecule is C=Cc1cc(Br)cc(C)c1C1C(=O)C2CCCCC2C1=O. The van der Waals surface area contributed by atoms with E-state index in [9.17, 15) is 9.59 Å². The van der Waals surface area contributed by atoms with Crippen LogP contribution in [-0.2, 0) is 9.59 Å². The van der Waals surface area contributed by atoms with Gasteiger partial charge in [0.2, 0.25) is 0 Å². The van der Waals surface area contributed by atoms with Crippen LogP contribution in [0.25, 0.3) is 6.08 Å². The minimum Gasteiger partial charge on any atom is -0.298 e. The molecule has 2 atom stereocenters. The fourth-order valence-corrected chi connectivity index (χ4v) is 4.60. The minimum absolute atomic E-state index is 0.0445. The molecule has 2 unspecified atom stereocenters. The number of benzene rings is 1. The average Bonchev–Trinajstić information content (AvgIpc) is 2.71. The first-order chi connectivity index (χ1) is 10.0. The number of fused-ring (bicyclic) bond motifs is 1. The van der Waals surface area contributed by atoms with E-state index in [4.69, 9.17) is 0 Å². The van der Waals surface area contributed by atoms with Gasteiger partial charge >= 0.3 is 0 Å². The van der Waals surface area contributed by atoms with E-state index in [1.807, 2.05) is 19.1 Å². The molecule has 0 aromatic heterocycles. The van der Waals surface area contributed by atoms with E-state index >= 15 is 0 Å². The standard InChI is InChI=1S/C18H19BrO2/c1-3-11-9-12(19)8-10(2)15(11)16-17(20)13-6-4-5-7-14(13)18(16)21/h3,8-9,13-14,16H,1,4-7H2,2H3. The third-order valence-electron chi connectivity index (χ3n) is 4.96. The molecule has 110 valence electrons. The van der Waals surface area contributed by atoms with Crippen molar-refractivity contribution in [3.63, 3.8) is 0 Å². The van der Waals surface area contributed by atoms with Gasteiger partial charge in [0.25, 0.3) is 0 Å². The Morgan fingerprint density at radius 3 is 2.24 bits per heavy atom. The number of halogens is 1. The lowest BCUT2D eigenvalue weighted by molar-refractivity contribution is -0.125. The summed E-state index contributed by atoms with van der Waals surface area (Å²) >= 11 is 3.47. The summed E-state index contributed by atoms with van der Waals surface area (Å²) in [6.45, 7) is 5.81. The molecule has 1 aromatic rings. The highest BCUT2D eigenvalue weighted by Crippen LogP contribution is 2.46. The Balaban J connectivity index is 2.10. The van der Waals surface area contributed by atoms with Crippen LogP contribution in [0.15, 0.2) is 23.2 Å². The molecule has 0 N–H and O–H groups in total. The molecule has 0 spiro atoms. The lowest BCUT2D eigenvalue weighted by Gasteiger charge is -2.21. The molecule has 0 aliphatic heterocycles. The smallest absolute Gasteiger partial charge is 0.151 e. The van der Waals surface area contributed by atoms with Crippen molar-refractivity contribution in [1.82, 2.24) is 0 Å². The summed E-state index contributed by atoms with van der Waals surface area (Å²) in [6.07, 6.45) is 5.65. The van der Waals surface area contributed by atoms with Gasteiger partial charge in [-0.1, -0.05) is 41.4 Å². The van der Waals surface area contributed by atoms with Gasteiger partial charge in [0.15, 0.2) is 11.6 Å². The number of hydrogen-bond acceptors (Lipinski definition) is 2. The fraction of sp³-hybridized carbons (Fsp3) is 0.444. The van der Waals surface area contributed by atoms with Crippen molar-refractivity contribution in [2.45, 2.75) is 38.5 Å². The van der Waals surface area contributed by atoms with Gasteiger partial charge in [0.1, 0.15) is 5.92 Å². The lowest BCUT2D eigenvalue weighted by Crippen LogP contribution is -2.21. The van der Waals surface area contributed by atoms with Crippen LogP contribution < -0.4 is 0 Å². The molecule has 0 bridgehead atoms. The first-order valence-corrected chi connectivity index (χ1v) is 8.34. The molecule has 2 aliphatic rings. The van der Waals surface area contributed by atoms with Crippen LogP contribution in [0.1, 0.15) is 48.3 Å². The molecule has 0 amide bonds. The van der Waals surface area contributed by atoms with Crippen LogP contribution in [0, 0.1) is 18.8 Å². The summed E-state index contributed by atoms with van der Waals surface area (Å²) in [5.41, 5.74) is 2.76. The van der Waals surface area contributed by atoms with E-state index in [0.717, 1.165) is 46.8 Å².